The predicted molar refractivity (Wildman–Crippen MR) is 72.6 cm³/mol. The van der Waals surface area contributed by atoms with E-state index in [4.69, 9.17) is 5.26 Å². The van der Waals surface area contributed by atoms with Crippen LogP contribution >= 0.6 is 0 Å². The molecule has 0 radical (unpaired) electrons. The van der Waals surface area contributed by atoms with Crippen molar-refractivity contribution >= 4 is 17.3 Å². The summed E-state index contributed by atoms with van der Waals surface area (Å²) in [7, 11) is 0. The lowest BCUT2D eigenvalue weighted by molar-refractivity contribution is -0.116. The maximum Gasteiger partial charge on any atom is 0.251 e. The largest absolute Gasteiger partial charge is 0.370 e. The number of benzene rings is 2. The van der Waals surface area contributed by atoms with E-state index < -0.39 is 11.9 Å². The van der Waals surface area contributed by atoms with Gasteiger partial charge in [-0.05, 0) is 36.4 Å². The van der Waals surface area contributed by atoms with Gasteiger partial charge in [0.2, 0.25) is 0 Å². The third-order valence-electron chi connectivity index (χ3n) is 3.15. The number of fused-ring (bicyclic) bond motifs is 1. The van der Waals surface area contributed by atoms with Crippen molar-refractivity contribution in [3.8, 4) is 6.07 Å². The third kappa shape index (κ3) is 2.08. The van der Waals surface area contributed by atoms with E-state index in [9.17, 15) is 9.18 Å². The number of amides is 1. The maximum absolute atomic E-state index is 13.3. The van der Waals surface area contributed by atoms with Crippen molar-refractivity contribution in [1.29, 1.82) is 5.26 Å². The minimum Gasteiger partial charge on any atom is -0.370 e. The molecular formula is C15H10FN3O. The molecule has 1 aliphatic heterocycles. The second kappa shape index (κ2) is 4.67. The Morgan fingerprint density at radius 3 is 2.90 bits per heavy atom. The number of hydrogen-bond donors (Lipinski definition) is 2. The summed E-state index contributed by atoms with van der Waals surface area (Å²) in [6.07, 6.45) is 0. The molecule has 5 heteroatoms. The van der Waals surface area contributed by atoms with E-state index in [1.54, 1.807) is 24.3 Å². The van der Waals surface area contributed by atoms with Crippen molar-refractivity contribution < 1.29 is 9.18 Å². The number of rotatable bonds is 2. The van der Waals surface area contributed by atoms with Crippen molar-refractivity contribution in [3.63, 3.8) is 0 Å². The summed E-state index contributed by atoms with van der Waals surface area (Å²) in [5.41, 5.74) is 2.30. The molecule has 4 nitrogen and oxygen atoms in total. The Hall–Kier alpha value is -2.87. The number of nitrogens with zero attached hydrogens (tertiary/aromatic N) is 1. The molecule has 2 aromatic carbocycles. The first kappa shape index (κ1) is 12.2. The van der Waals surface area contributed by atoms with E-state index in [2.05, 4.69) is 10.6 Å². The van der Waals surface area contributed by atoms with Crippen LogP contribution in [0.1, 0.15) is 17.2 Å². The van der Waals surface area contributed by atoms with Crippen LogP contribution in [0.2, 0.25) is 0 Å². The number of nitrogens with one attached hydrogen (secondary N) is 2. The third-order valence-corrected chi connectivity index (χ3v) is 3.15. The van der Waals surface area contributed by atoms with E-state index in [1.807, 2.05) is 6.07 Å². The Morgan fingerprint density at radius 2 is 2.10 bits per heavy atom. The molecule has 1 atom stereocenters. The predicted octanol–water partition coefficient (Wildman–Crippen LogP) is 2.80. The van der Waals surface area contributed by atoms with Crippen LogP contribution in [-0.4, -0.2) is 5.91 Å². The lowest BCUT2D eigenvalue weighted by Gasteiger charge is -2.13. The Labute approximate surface area is 114 Å². The molecule has 0 aliphatic carbocycles. The van der Waals surface area contributed by atoms with Gasteiger partial charge >= 0.3 is 0 Å². The highest BCUT2D eigenvalue weighted by molar-refractivity contribution is 6.04. The number of halogens is 1. The second-order valence-corrected chi connectivity index (χ2v) is 4.49. The molecule has 2 N–H and O–H groups in total. The average Bonchev–Trinajstić information content (AvgIpc) is 2.75. The van der Waals surface area contributed by atoms with Gasteiger partial charge in [0.25, 0.3) is 5.91 Å². The minimum absolute atomic E-state index is 0.243. The first-order valence-corrected chi connectivity index (χ1v) is 6.04. The Morgan fingerprint density at radius 1 is 1.25 bits per heavy atom. The highest BCUT2D eigenvalue weighted by atomic mass is 19.1. The summed E-state index contributed by atoms with van der Waals surface area (Å²) in [6, 6.07) is 12.3. The van der Waals surface area contributed by atoms with Gasteiger partial charge in [0.15, 0.2) is 0 Å². The first-order valence-electron chi connectivity index (χ1n) is 6.04. The fraction of sp³-hybridized carbons (Fsp3) is 0.0667. The number of anilines is 2. The molecule has 0 aromatic heterocycles. The van der Waals surface area contributed by atoms with Crippen LogP contribution in [0.5, 0.6) is 0 Å². The van der Waals surface area contributed by atoms with Crippen molar-refractivity contribution in [2.75, 3.05) is 10.6 Å². The molecule has 98 valence electrons. The van der Waals surface area contributed by atoms with E-state index >= 15 is 0 Å². The lowest BCUT2D eigenvalue weighted by Crippen LogP contribution is -2.19. The van der Waals surface area contributed by atoms with Crippen LogP contribution in [0.4, 0.5) is 15.8 Å². The summed E-state index contributed by atoms with van der Waals surface area (Å²) in [5.74, 6) is -0.634. The summed E-state index contributed by atoms with van der Waals surface area (Å²) < 4.78 is 13.3. The van der Waals surface area contributed by atoms with Gasteiger partial charge in [-0.2, -0.15) is 5.26 Å². The van der Waals surface area contributed by atoms with Crippen LogP contribution in [0.3, 0.4) is 0 Å². The van der Waals surface area contributed by atoms with Gasteiger partial charge in [-0.15, -0.1) is 0 Å². The van der Waals surface area contributed by atoms with Crippen LogP contribution < -0.4 is 10.6 Å². The topological polar surface area (TPSA) is 64.9 Å². The van der Waals surface area contributed by atoms with Crippen molar-refractivity contribution in [1.82, 2.24) is 0 Å². The monoisotopic (exact) mass is 267 g/mol. The number of hydrogen-bond acceptors (Lipinski definition) is 3. The van der Waals surface area contributed by atoms with Crippen molar-refractivity contribution in [3.05, 3.63) is 59.4 Å². The zero-order valence-electron chi connectivity index (χ0n) is 10.4. The Bertz CT molecular complexity index is 736. The molecule has 1 aliphatic rings. The van der Waals surface area contributed by atoms with Gasteiger partial charge in [0, 0.05) is 16.9 Å². The fourth-order valence-corrected chi connectivity index (χ4v) is 2.22. The zero-order chi connectivity index (χ0) is 14.1. The summed E-state index contributed by atoms with van der Waals surface area (Å²) >= 11 is 0. The molecule has 20 heavy (non-hydrogen) atoms. The highest BCUT2D eigenvalue weighted by Gasteiger charge is 2.30. The van der Waals surface area contributed by atoms with Crippen LogP contribution in [0.15, 0.2) is 42.5 Å². The lowest BCUT2D eigenvalue weighted by atomic mass is 10.1. The number of carbonyl (C=O) groups excluding carboxylic acids is 1. The van der Waals surface area contributed by atoms with Gasteiger partial charge < -0.3 is 10.6 Å². The van der Waals surface area contributed by atoms with E-state index in [0.29, 0.717) is 22.5 Å². The van der Waals surface area contributed by atoms with Gasteiger partial charge in [0.1, 0.15) is 11.9 Å². The zero-order valence-corrected chi connectivity index (χ0v) is 10.4. The first-order chi connectivity index (χ1) is 9.67. The molecule has 1 heterocycles. The number of carbonyl (C=O) groups is 1. The molecule has 0 spiro atoms. The van der Waals surface area contributed by atoms with Crippen molar-refractivity contribution in [2.45, 2.75) is 6.04 Å². The van der Waals surface area contributed by atoms with Gasteiger partial charge in [0.05, 0.1) is 11.6 Å². The SMILES string of the molecule is N#Cc1cccc(NC2C(=O)Nc3ccc(F)cc32)c1. The average molecular weight is 267 g/mol. The van der Waals surface area contributed by atoms with Crippen LogP contribution in [-0.2, 0) is 4.79 Å². The molecule has 0 bridgehead atoms. The molecule has 0 saturated carbocycles. The molecule has 2 aromatic rings. The van der Waals surface area contributed by atoms with E-state index in [0.717, 1.165) is 0 Å². The summed E-state index contributed by atoms with van der Waals surface area (Å²) in [4.78, 5) is 11.9. The van der Waals surface area contributed by atoms with Gasteiger partial charge in [-0.1, -0.05) is 6.07 Å². The normalized spacial score (nSPS) is 16.2. The van der Waals surface area contributed by atoms with E-state index in [1.165, 1.54) is 18.2 Å². The molecule has 0 fully saturated rings. The minimum atomic E-state index is -0.658. The maximum atomic E-state index is 13.3. The molecule has 3 rings (SSSR count). The summed E-state index contributed by atoms with van der Waals surface area (Å²) in [6.45, 7) is 0. The smallest absolute Gasteiger partial charge is 0.251 e. The fourth-order valence-electron chi connectivity index (χ4n) is 2.22. The second-order valence-electron chi connectivity index (χ2n) is 4.49. The molecular weight excluding hydrogens is 257 g/mol. The van der Waals surface area contributed by atoms with E-state index in [-0.39, 0.29) is 5.91 Å². The quantitative estimate of drug-likeness (QED) is 0.879. The van der Waals surface area contributed by atoms with Crippen LogP contribution in [0.25, 0.3) is 0 Å². The molecule has 0 saturated heterocycles. The molecule has 1 amide bonds. The Kier molecular flexibility index (Phi) is 2.84. The Balaban J connectivity index is 1.94. The van der Waals surface area contributed by atoms with Gasteiger partial charge in [-0.25, -0.2) is 4.39 Å². The van der Waals surface area contributed by atoms with Crippen LogP contribution in [0, 0.1) is 17.1 Å². The summed E-state index contributed by atoms with van der Waals surface area (Å²) in [5, 5.41) is 14.6. The molecule has 1 unspecified atom stereocenters. The standard InChI is InChI=1S/C15H10FN3O/c16-10-4-5-13-12(7-10)14(15(20)19-13)18-11-3-1-2-9(6-11)8-17/h1-7,14,18H,(H,19,20). The van der Waals surface area contributed by atoms with Gasteiger partial charge in [-0.3, -0.25) is 4.79 Å². The number of nitriles is 1. The highest BCUT2D eigenvalue weighted by Crippen LogP contribution is 2.33. The van der Waals surface area contributed by atoms with Crippen molar-refractivity contribution in [2.24, 2.45) is 0 Å².